The Kier molecular flexibility index (Phi) is 7.22. The molecule has 1 N–H and O–H groups in total. The van der Waals surface area contributed by atoms with E-state index in [1.165, 1.54) is 12.1 Å². The average Bonchev–Trinajstić information content (AvgIpc) is 2.58. The van der Waals surface area contributed by atoms with Crippen molar-refractivity contribution in [1.82, 2.24) is 9.62 Å². The van der Waals surface area contributed by atoms with Gasteiger partial charge in [-0.3, -0.25) is 0 Å². The number of ether oxygens (including phenoxy) is 1. The lowest BCUT2D eigenvalue weighted by Crippen LogP contribution is -2.46. The van der Waals surface area contributed by atoms with Crippen molar-refractivity contribution in [3.8, 4) is 0 Å². The monoisotopic (exact) mass is 400 g/mol. The first kappa shape index (κ1) is 21.6. The summed E-state index contributed by atoms with van der Waals surface area (Å²) < 4.78 is 45.1. The van der Waals surface area contributed by atoms with Crippen LogP contribution in [0.1, 0.15) is 39.2 Å². The smallest absolute Gasteiger partial charge is 0.424 e. The summed E-state index contributed by atoms with van der Waals surface area (Å²) in [5.41, 5.74) is -0.0818. The molecule has 0 atom stereocenters. The first-order valence-corrected chi connectivity index (χ1v) is 10.9. The number of halogens is 1. The Hall–Kier alpha value is -1.67. The van der Waals surface area contributed by atoms with Gasteiger partial charge in [0, 0.05) is 6.54 Å². The van der Waals surface area contributed by atoms with E-state index in [2.05, 4.69) is 5.32 Å². The second-order valence-corrected chi connectivity index (χ2v) is 9.91. The highest BCUT2D eigenvalue weighted by Crippen LogP contribution is 2.20. The van der Waals surface area contributed by atoms with Gasteiger partial charge in [0.2, 0.25) is 10.0 Å². The molecule has 0 unspecified atom stereocenters. The molecule has 0 bridgehead atoms. The lowest BCUT2D eigenvalue weighted by molar-refractivity contribution is 0.0366. The molecular weight excluding hydrogens is 371 g/mol. The standard InChI is InChI=1S/C19H29FN2O4S/c1-19(2,3)26-18(23)22(14-16-8-11-21-12-9-16)27(24,25)13-10-15-4-6-17(20)7-5-15/h4-7,16,21H,8-14H2,1-3H3. The average molecular weight is 401 g/mol. The van der Waals surface area contributed by atoms with Crippen LogP contribution < -0.4 is 5.32 Å². The highest BCUT2D eigenvalue weighted by atomic mass is 32.2. The fourth-order valence-electron chi connectivity index (χ4n) is 2.92. The largest absolute Gasteiger partial charge is 0.443 e. The zero-order valence-corrected chi connectivity index (χ0v) is 17.0. The number of carbonyl (C=O) groups excluding carboxylic acids is 1. The van der Waals surface area contributed by atoms with E-state index in [4.69, 9.17) is 4.74 Å². The van der Waals surface area contributed by atoms with E-state index in [0.717, 1.165) is 30.2 Å². The third kappa shape index (κ3) is 7.10. The van der Waals surface area contributed by atoms with Gasteiger partial charge in [0.15, 0.2) is 0 Å². The Morgan fingerprint density at radius 2 is 1.81 bits per heavy atom. The van der Waals surface area contributed by atoms with Gasteiger partial charge in [0.05, 0.1) is 5.75 Å². The molecule has 1 aliphatic heterocycles. The fraction of sp³-hybridized carbons (Fsp3) is 0.632. The summed E-state index contributed by atoms with van der Waals surface area (Å²) in [7, 11) is -3.86. The van der Waals surface area contributed by atoms with Crippen LogP contribution in [0.5, 0.6) is 0 Å². The molecule has 0 radical (unpaired) electrons. The third-order valence-electron chi connectivity index (χ3n) is 4.38. The van der Waals surface area contributed by atoms with Crippen LogP contribution in [0.3, 0.4) is 0 Å². The van der Waals surface area contributed by atoms with Crippen LogP contribution in [0.2, 0.25) is 0 Å². The Morgan fingerprint density at radius 1 is 1.22 bits per heavy atom. The quantitative estimate of drug-likeness (QED) is 0.795. The van der Waals surface area contributed by atoms with E-state index in [9.17, 15) is 17.6 Å². The predicted molar refractivity (Wildman–Crippen MR) is 102 cm³/mol. The molecule has 1 aromatic rings. The minimum absolute atomic E-state index is 0.111. The van der Waals surface area contributed by atoms with Gasteiger partial charge in [0.25, 0.3) is 0 Å². The third-order valence-corrected chi connectivity index (χ3v) is 6.07. The van der Waals surface area contributed by atoms with Crippen LogP contribution in [0, 0.1) is 11.7 Å². The second-order valence-electron chi connectivity index (χ2n) is 7.90. The van der Waals surface area contributed by atoms with Gasteiger partial charge in [-0.2, -0.15) is 0 Å². The van der Waals surface area contributed by atoms with Crippen molar-refractivity contribution in [2.75, 3.05) is 25.4 Å². The molecule has 0 saturated carbocycles. The molecular formula is C19H29FN2O4S. The number of rotatable bonds is 6. The first-order chi connectivity index (χ1) is 12.6. The van der Waals surface area contributed by atoms with Crippen LogP contribution in [-0.4, -0.2) is 49.8 Å². The molecule has 1 heterocycles. The molecule has 1 saturated heterocycles. The Labute approximate surface area is 161 Å². The van der Waals surface area contributed by atoms with Gasteiger partial charge in [-0.1, -0.05) is 12.1 Å². The van der Waals surface area contributed by atoms with Crippen LogP contribution in [-0.2, 0) is 21.2 Å². The van der Waals surface area contributed by atoms with E-state index in [1.807, 2.05) is 0 Å². The van der Waals surface area contributed by atoms with Gasteiger partial charge in [0.1, 0.15) is 11.4 Å². The lowest BCUT2D eigenvalue weighted by atomic mass is 9.98. The summed E-state index contributed by atoms with van der Waals surface area (Å²) in [4.78, 5) is 12.6. The van der Waals surface area contributed by atoms with Crippen molar-refractivity contribution in [3.05, 3.63) is 35.6 Å². The second kappa shape index (κ2) is 9.01. The van der Waals surface area contributed by atoms with Crippen molar-refractivity contribution in [2.45, 2.75) is 45.6 Å². The number of piperidine rings is 1. The van der Waals surface area contributed by atoms with E-state index >= 15 is 0 Å². The molecule has 27 heavy (non-hydrogen) atoms. The van der Waals surface area contributed by atoms with Crippen LogP contribution in [0.15, 0.2) is 24.3 Å². The molecule has 1 aliphatic rings. The van der Waals surface area contributed by atoms with E-state index in [1.54, 1.807) is 32.9 Å². The summed E-state index contributed by atoms with van der Waals surface area (Å²) in [6.45, 7) is 6.86. The molecule has 1 fully saturated rings. The zero-order valence-electron chi connectivity index (χ0n) is 16.2. The van der Waals surface area contributed by atoms with E-state index in [0.29, 0.717) is 5.56 Å². The summed E-state index contributed by atoms with van der Waals surface area (Å²) in [5.74, 6) is -0.495. The SMILES string of the molecule is CC(C)(C)OC(=O)N(CC1CCNCC1)S(=O)(=O)CCc1ccc(F)cc1. The Bertz CT molecular complexity index is 723. The molecule has 2 rings (SSSR count). The van der Waals surface area contributed by atoms with Gasteiger partial charge in [-0.25, -0.2) is 21.9 Å². The normalized spacial score (nSPS) is 16.1. The van der Waals surface area contributed by atoms with E-state index in [-0.39, 0.29) is 30.5 Å². The molecule has 8 heteroatoms. The van der Waals surface area contributed by atoms with Crippen molar-refractivity contribution in [2.24, 2.45) is 5.92 Å². The Balaban J connectivity index is 2.12. The first-order valence-electron chi connectivity index (χ1n) is 9.25. The molecule has 0 aliphatic carbocycles. The molecule has 6 nitrogen and oxygen atoms in total. The highest BCUT2D eigenvalue weighted by molar-refractivity contribution is 7.89. The molecule has 1 amide bonds. The maximum Gasteiger partial charge on any atom is 0.424 e. The van der Waals surface area contributed by atoms with Gasteiger partial charge >= 0.3 is 6.09 Å². The molecule has 0 spiro atoms. The summed E-state index contributed by atoms with van der Waals surface area (Å²) in [5, 5.41) is 3.23. The molecule has 1 aromatic carbocycles. The maximum absolute atomic E-state index is 13.0. The number of hydrogen-bond donors (Lipinski definition) is 1. The van der Waals surface area contributed by atoms with Crippen LogP contribution in [0.25, 0.3) is 0 Å². The number of hydrogen-bond acceptors (Lipinski definition) is 5. The van der Waals surface area contributed by atoms with Crippen molar-refractivity contribution in [3.63, 3.8) is 0 Å². The zero-order chi connectivity index (χ0) is 20.1. The van der Waals surface area contributed by atoms with Gasteiger partial charge in [-0.15, -0.1) is 0 Å². The lowest BCUT2D eigenvalue weighted by Gasteiger charge is -2.31. The number of carbonyl (C=O) groups is 1. The van der Waals surface area contributed by atoms with Gasteiger partial charge < -0.3 is 10.1 Å². The predicted octanol–water partition coefficient (Wildman–Crippen LogP) is 2.93. The Morgan fingerprint density at radius 3 is 2.37 bits per heavy atom. The number of sulfonamides is 1. The number of aryl methyl sites for hydroxylation is 1. The van der Waals surface area contributed by atoms with Crippen LogP contribution >= 0.6 is 0 Å². The van der Waals surface area contributed by atoms with Crippen molar-refractivity contribution >= 4 is 16.1 Å². The maximum atomic E-state index is 13.0. The minimum Gasteiger partial charge on any atom is -0.443 e. The van der Waals surface area contributed by atoms with Crippen molar-refractivity contribution < 1.29 is 22.3 Å². The summed E-state index contributed by atoms with van der Waals surface area (Å²) >= 11 is 0. The highest BCUT2D eigenvalue weighted by Gasteiger charge is 2.33. The topological polar surface area (TPSA) is 75.7 Å². The molecule has 152 valence electrons. The van der Waals surface area contributed by atoms with E-state index < -0.39 is 21.7 Å². The number of nitrogens with one attached hydrogen (secondary N) is 1. The number of nitrogens with zero attached hydrogens (tertiary/aromatic N) is 1. The van der Waals surface area contributed by atoms with Gasteiger partial charge in [-0.05, 0) is 76.7 Å². The van der Waals surface area contributed by atoms with Crippen molar-refractivity contribution in [1.29, 1.82) is 0 Å². The number of amides is 1. The minimum atomic E-state index is -3.86. The number of benzene rings is 1. The summed E-state index contributed by atoms with van der Waals surface area (Å²) in [6.07, 6.45) is 0.994. The van der Waals surface area contributed by atoms with Crippen LogP contribution in [0.4, 0.5) is 9.18 Å². The summed E-state index contributed by atoms with van der Waals surface area (Å²) in [6, 6.07) is 5.69. The molecule has 0 aromatic heterocycles. The fourth-order valence-corrected chi connectivity index (χ4v) is 4.34.